The van der Waals surface area contributed by atoms with Gasteiger partial charge < -0.3 is 5.32 Å². The van der Waals surface area contributed by atoms with Crippen molar-refractivity contribution in [2.45, 2.75) is 31.6 Å². The molecule has 0 unspecified atom stereocenters. The van der Waals surface area contributed by atoms with Crippen molar-refractivity contribution < 1.29 is 0 Å². The number of halogens is 1. The highest BCUT2D eigenvalue weighted by Gasteiger charge is 2.24. The van der Waals surface area contributed by atoms with Gasteiger partial charge in [0.1, 0.15) is 11.5 Å². The van der Waals surface area contributed by atoms with Crippen molar-refractivity contribution in [1.82, 2.24) is 15.0 Å². The van der Waals surface area contributed by atoms with E-state index in [-0.39, 0.29) is 0 Å². The normalized spacial score (nSPS) is 15.9. The van der Waals surface area contributed by atoms with Crippen LogP contribution in [0.5, 0.6) is 0 Å². The number of nitrogens with one attached hydrogen (secondary N) is 1. The lowest BCUT2D eigenvalue weighted by atomic mass is 10.0. The summed E-state index contributed by atoms with van der Waals surface area (Å²) in [5, 5.41) is 5.13. The van der Waals surface area contributed by atoms with E-state index in [0.29, 0.717) is 5.92 Å². The Kier molecular flexibility index (Phi) is 3.79. The Labute approximate surface area is 124 Å². The monoisotopic (exact) mass is 338 g/mol. The van der Waals surface area contributed by atoms with Crippen LogP contribution in [0.15, 0.2) is 15.4 Å². The molecule has 3 rings (SSSR count). The van der Waals surface area contributed by atoms with Gasteiger partial charge in [0.05, 0.1) is 15.7 Å². The molecule has 1 saturated carbocycles. The quantitative estimate of drug-likeness (QED) is 0.916. The molecule has 0 radical (unpaired) electrons. The van der Waals surface area contributed by atoms with Gasteiger partial charge in [-0.25, -0.2) is 15.0 Å². The predicted molar refractivity (Wildman–Crippen MR) is 81.6 cm³/mol. The fourth-order valence-corrected chi connectivity index (χ4v) is 3.77. The molecule has 1 aliphatic rings. The van der Waals surface area contributed by atoms with Crippen LogP contribution in [0.4, 0.5) is 5.82 Å². The van der Waals surface area contributed by atoms with E-state index < -0.39 is 0 Å². The molecule has 2 heterocycles. The van der Waals surface area contributed by atoms with Crippen molar-refractivity contribution in [2.24, 2.45) is 0 Å². The standard InChI is InChI=1S/C13H15BrN4S/c1-15-13-10(14)11(8-4-2-3-5-8)17-12(18-13)9-6-19-7-16-9/h6-8H,2-5H2,1H3,(H,15,17,18). The number of aromatic nitrogens is 3. The van der Waals surface area contributed by atoms with Gasteiger partial charge in [-0.15, -0.1) is 11.3 Å². The van der Waals surface area contributed by atoms with E-state index in [1.807, 2.05) is 17.9 Å². The van der Waals surface area contributed by atoms with Gasteiger partial charge in [0.2, 0.25) is 0 Å². The van der Waals surface area contributed by atoms with Gasteiger partial charge >= 0.3 is 0 Å². The van der Waals surface area contributed by atoms with E-state index in [0.717, 1.165) is 27.5 Å². The molecule has 0 saturated heterocycles. The fraction of sp³-hybridized carbons (Fsp3) is 0.462. The minimum absolute atomic E-state index is 0.543. The minimum Gasteiger partial charge on any atom is -0.372 e. The zero-order valence-electron chi connectivity index (χ0n) is 10.7. The Morgan fingerprint density at radius 3 is 2.74 bits per heavy atom. The molecule has 2 aromatic rings. The van der Waals surface area contributed by atoms with E-state index >= 15 is 0 Å². The molecule has 0 spiro atoms. The molecule has 0 aliphatic heterocycles. The lowest BCUT2D eigenvalue weighted by molar-refractivity contribution is 0.691. The second-order valence-electron chi connectivity index (χ2n) is 4.70. The van der Waals surface area contributed by atoms with Gasteiger partial charge in [0.15, 0.2) is 5.82 Å². The lowest BCUT2D eigenvalue weighted by Gasteiger charge is -2.14. The fourth-order valence-electron chi connectivity index (χ4n) is 2.54. The third-order valence-corrected chi connectivity index (χ3v) is 4.89. The number of anilines is 1. The summed E-state index contributed by atoms with van der Waals surface area (Å²) in [5.41, 5.74) is 3.79. The van der Waals surface area contributed by atoms with Crippen LogP contribution in [0.1, 0.15) is 37.3 Å². The second-order valence-corrected chi connectivity index (χ2v) is 6.21. The maximum absolute atomic E-state index is 4.75. The molecule has 0 atom stereocenters. The van der Waals surface area contributed by atoms with Crippen LogP contribution in [-0.4, -0.2) is 22.0 Å². The SMILES string of the molecule is CNc1nc(-c2cscn2)nc(C2CCCC2)c1Br. The van der Waals surface area contributed by atoms with Crippen molar-refractivity contribution >= 4 is 33.1 Å². The van der Waals surface area contributed by atoms with Gasteiger partial charge in [-0.3, -0.25) is 0 Å². The molecular weight excluding hydrogens is 324 g/mol. The third-order valence-electron chi connectivity index (χ3n) is 3.52. The van der Waals surface area contributed by atoms with E-state index in [1.54, 1.807) is 11.3 Å². The van der Waals surface area contributed by atoms with E-state index in [1.165, 1.54) is 25.7 Å². The Morgan fingerprint density at radius 1 is 1.32 bits per heavy atom. The summed E-state index contributed by atoms with van der Waals surface area (Å²) >= 11 is 5.21. The van der Waals surface area contributed by atoms with Crippen molar-refractivity contribution in [3.63, 3.8) is 0 Å². The Hall–Kier alpha value is -1.01. The number of hydrogen-bond donors (Lipinski definition) is 1. The zero-order chi connectivity index (χ0) is 13.2. The number of rotatable bonds is 3. The van der Waals surface area contributed by atoms with Crippen molar-refractivity contribution in [3.05, 3.63) is 21.1 Å². The van der Waals surface area contributed by atoms with Gasteiger partial charge in [-0.1, -0.05) is 12.8 Å². The number of hydrogen-bond acceptors (Lipinski definition) is 5. The molecule has 2 aromatic heterocycles. The molecule has 0 bridgehead atoms. The van der Waals surface area contributed by atoms with Crippen LogP contribution in [0.3, 0.4) is 0 Å². The highest BCUT2D eigenvalue weighted by molar-refractivity contribution is 9.10. The molecule has 1 N–H and O–H groups in total. The first-order valence-electron chi connectivity index (χ1n) is 6.43. The highest BCUT2D eigenvalue weighted by Crippen LogP contribution is 2.39. The molecule has 1 aliphatic carbocycles. The largest absolute Gasteiger partial charge is 0.372 e. The molecule has 6 heteroatoms. The molecule has 19 heavy (non-hydrogen) atoms. The number of thiazole rings is 1. The Morgan fingerprint density at radius 2 is 2.11 bits per heavy atom. The summed E-state index contributed by atoms with van der Waals surface area (Å²) < 4.78 is 1.00. The Bertz CT molecular complexity index is 564. The molecule has 0 aromatic carbocycles. The van der Waals surface area contributed by atoms with Gasteiger partial charge in [-0.2, -0.15) is 0 Å². The van der Waals surface area contributed by atoms with Crippen molar-refractivity contribution in [2.75, 3.05) is 12.4 Å². The number of nitrogens with zero attached hydrogens (tertiary/aromatic N) is 3. The molecule has 0 amide bonds. The van der Waals surface area contributed by atoms with E-state index in [4.69, 9.17) is 4.98 Å². The van der Waals surface area contributed by atoms with E-state index in [2.05, 4.69) is 31.2 Å². The Balaban J connectivity index is 2.09. The first-order valence-corrected chi connectivity index (χ1v) is 8.17. The third kappa shape index (κ3) is 2.51. The average molecular weight is 339 g/mol. The molecular formula is C13H15BrN4S. The summed E-state index contributed by atoms with van der Waals surface area (Å²) in [5.74, 6) is 2.11. The summed E-state index contributed by atoms with van der Waals surface area (Å²) in [6.45, 7) is 0. The van der Waals surface area contributed by atoms with Gasteiger partial charge in [-0.05, 0) is 28.8 Å². The molecule has 100 valence electrons. The summed E-state index contributed by atoms with van der Waals surface area (Å²) in [6, 6.07) is 0. The maximum atomic E-state index is 4.75. The average Bonchev–Trinajstić information content (AvgIpc) is 3.12. The maximum Gasteiger partial charge on any atom is 0.181 e. The zero-order valence-corrected chi connectivity index (χ0v) is 13.1. The predicted octanol–water partition coefficient (Wildman–Crippen LogP) is 4.06. The first kappa shape index (κ1) is 13.0. The molecule has 1 fully saturated rings. The highest BCUT2D eigenvalue weighted by atomic mass is 79.9. The minimum atomic E-state index is 0.543. The van der Waals surface area contributed by atoms with Crippen LogP contribution in [0.25, 0.3) is 11.5 Å². The van der Waals surface area contributed by atoms with Gasteiger partial charge in [0, 0.05) is 18.3 Å². The van der Waals surface area contributed by atoms with Crippen LogP contribution >= 0.6 is 27.3 Å². The second kappa shape index (κ2) is 5.54. The van der Waals surface area contributed by atoms with Crippen LogP contribution in [0.2, 0.25) is 0 Å². The lowest BCUT2D eigenvalue weighted by Crippen LogP contribution is -2.06. The van der Waals surface area contributed by atoms with E-state index in [9.17, 15) is 0 Å². The van der Waals surface area contributed by atoms with Gasteiger partial charge in [0.25, 0.3) is 0 Å². The first-order chi connectivity index (χ1) is 9.29. The van der Waals surface area contributed by atoms with Crippen molar-refractivity contribution in [1.29, 1.82) is 0 Å². The summed E-state index contributed by atoms with van der Waals surface area (Å²) in [7, 11) is 1.89. The van der Waals surface area contributed by atoms with Crippen LogP contribution < -0.4 is 5.32 Å². The van der Waals surface area contributed by atoms with Crippen LogP contribution in [0, 0.1) is 0 Å². The topological polar surface area (TPSA) is 50.7 Å². The summed E-state index contributed by atoms with van der Waals surface area (Å²) in [4.78, 5) is 13.6. The smallest absolute Gasteiger partial charge is 0.181 e. The summed E-state index contributed by atoms with van der Waals surface area (Å²) in [6.07, 6.45) is 5.02. The van der Waals surface area contributed by atoms with Crippen molar-refractivity contribution in [3.8, 4) is 11.5 Å². The molecule has 4 nitrogen and oxygen atoms in total. The van der Waals surface area contributed by atoms with Crippen LogP contribution in [-0.2, 0) is 0 Å².